The molecule has 0 spiro atoms. The molecule has 0 amide bonds. The Hall–Kier alpha value is -3.57. The summed E-state index contributed by atoms with van der Waals surface area (Å²) in [6.45, 7) is 0. The van der Waals surface area contributed by atoms with E-state index < -0.39 is 7.82 Å². The maximum absolute atomic E-state index is 11.7. The van der Waals surface area contributed by atoms with Gasteiger partial charge in [0.1, 0.15) is 17.2 Å². The topological polar surface area (TPSA) is 107 Å². The minimum absolute atomic E-state index is 0.0155. The fraction of sp³-hybridized carbons (Fsp3) is 0. The van der Waals surface area contributed by atoms with E-state index in [1.165, 1.54) is 6.07 Å². The highest BCUT2D eigenvalue weighted by molar-refractivity contribution is 7.46. The van der Waals surface area contributed by atoms with Crippen LogP contribution in [0.3, 0.4) is 0 Å². The molecule has 4 aromatic rings. The zero-order valence-corrected chi connectivity index (χ0v) is 17.0. The van der Waals surface area contributed by atoms with Crippen LogP contribution in [0, 0.1) is 0 Å². The summed E-state index contributed by atoms with van der Waals surface area (Å²) in [6.07, 6.45) is 0. The van der Waals surface area contributed by atoms with Crippen LogP contribution in [-0.4, -0.2) is 20.0 Å². The first-order valence-corrected chi connectivity index (χ1v) is 11.0. The predicted octanol–water partition coefficient (Wildman–Crippen LogP) is 5.55. The van der Waals surface area contributed by atoms with Crippen LogP contribution < -0.4 is 4.52 Å². The standard InChI is InChI=1S/C24H17O6P/c25-19-10-2-7-16-17-8-4-12-21(30-31(27,28)29)24(17)18-9-3-11-20(26)23(18)15-6-1-5-14(13-15)22(16)19/h1-13,25-26H,(H2,27,28,29). The molecule has 0 fully saturated rings. The molecule has 0 atom stereocenters. The molecule has 0 saturated carbocycles. The Bertz CT molecular complexity index is 1390. The van der Waals surface area contributed by atoms with E-state index in [0.29, 0.717) is 38.9 Å². The van der Waals surface area contributed by atoms with Crippen LogP contribution in [0.1, 0.15) is 0 Å². The largest absolute Gasteiger partial charge is 0.524 e. The van der Waals surface area contributed by atoms with Crippen molar-refractivity contribution in [1.29, 1.82) is 0 Å². The lowest BCUT2D eigenvalue weighted by atomic mass is 9.88. The van der Waals surface area contributed by atoms with Crippen LogP contribution in [-0.2, 0) is 4.57 Å². The molecule has 0 unspecified atom stereocenters. The first-order chi connectivity index (χ1) is 14.8. The van der Waals surface area contributed by atoms with Gasteiger partial charge in [0.05, 0.1) is 0 Å². The number of rotatable bonds is 2. The first-order valence-electron chi connectivity index (χ1n) is 9.47. The lowest BCUT2D eigenvalue weighted by molar-refractivity contribution is 0.283. The van der Waals surface area contributed by atoms with E-state index in [1.807, 2.05) is 30.3 Å². The highest BCUT2D eigenvalue weighted by atomic mass is 31.2. The molecule has 6 nitrogen and oxygen atoms in total. The quantitative estimate of drug-likeness (QED) is 0.273. The zero-order valence-electron chi connectivity index (χ0n) is 16.1. The van der Waals surface area contributed by atoms with Crippen molar-refractivity contribution in [2.75, 3.05) is 0 Å². The molecule has 0 saturated heterocycles. The smallest absolute Gasteiger partial charge is 0.507 e. The number of hydrogen-bond acceptors (Lipinski definition) is 4. The summed E-state index contributed by atoms with van der Waals surface area (Å²) in [5.41, 5.74) is 4.74. The Morgan fingerprint density at radius 2 is 1.10 bits per heavy atom. The molecule has 5 rings (SSSR count). The molecule has 1 aliphatic carbocycles. The third-order valence-corrected chi connectivity index (χ3v) is 5.76. The number of aromatic hydroxyl groups is 2. The van der Waals surface area contributed by atoms with E-state index >= 15 is 0 Å². The number of phenols is 2. The summed E-state index contributed by atoms with van der Waals surface area (Å²) >= 11 is 0. The van der Waals surface area contributed by atoms with Gasteiger partial charge in [-0.05, 0) is 52.1 Å². The molecule has 1 aliphatic rings. The Morgan fingerprint density at radius 3 is 1.71 bits per heavy atom. The normalized spacial score (nSPS) is 11.9. The van der Waals surface area contributed by atoms with Crippen molar-refractivity contribution in [3.05, 3.63) is 78.9 Å². The average molecular weight is 432 g/mol. The summed E-state index contributed by atoms with van der Waals surface area (Å²) in [6, 6.07) is 22.4. The van der Waals surface area contributed by atoms with Gasteiger partial charge in [-0.2, -0.15) is 0 Å². The Labute approximate surface area is 177 Å². The monoisotopic (exact) mass is 432 g/mol. The van der Waals surface area contributed by atoms with Gasteiger partial charge in [0, 0.05) is 16.7 Å². The summed E-state index contributed by atoms with van der Waals surface area (Å²) in [7, 11) is -4.86. The lowest BCUT2D eigenvalue weighted by Gasteiger charge is -2.19. The second kappa shape index (κ2) is 7.00. The van der Waals surface area contributed by atoms with E-state index in [0.717, 1.165) is 5.56 Å². The molecule has 0 radical (unpaired) electrons. The highest BCUT2D eigenvalue weighted by Crippen LogP contribution is 2.53. The Morgan fingerprint density at radius 1 is 0.613 bits per heavy atom. The third kappa shape index (κ3) is 3.27. The van der Waals surface area contributed by atoms with Gasteiger partial charge < -0.3 is 14.7 Å². The zero-order chi connectivity index (χ0) is 21.8. The van der Waals surface area contributed by atoms with Gasteiger partial charge >= 0.3 is 7.82 Å². The minimum atomic E-state index is -4.86. The van der Waals surface area contributed by atoms with Crippen molar-refractivity contribution in [3.63, 3.8) is 0 Å². The van der Waals surface area contributed by atoms with Crippen LogP contribution >= 0.6 is 7.82 Å². The Kier molecular flexibility index (Phi) is 4.38. The second-order valence-corrected chi connectivity index (χ2v) is 8.40. The van der Waals surface area contributed by atoms with Crippen LogP contribution in [0.2, 0.25) is 0 Å². The van der Waals surface area contributed by atoms with Crippen LogP contribution in [0.5, 0.6) is 17.2 Å². The fourth-order valence-electron chi connectivity index (χ4n) is 4.19. The molecular weight excluding hydrogens is 415 g/mol. The lowest BCUT2D eigenvalue weighted by Crippen LogP contribution is -1.96. The fourth-order valence-corrected chi connectivity index (χ4v) is 4.60. The van der Waals surface area contributed by atoms with E-state index in [4.69, 9.17) is 4.52 Å². The second-order valence-electron chi connectivity index (χ2n) is 7.24. The number of phosphoric acid groups is 1. The van der Waals surface area contributed by atoms with Crippen molar-refractivity contribution in [2.45, 2.75) is 0 Å². The molecule has 4 aromatic carbocycles. The van der Waals surface area contributed by atoms with Gasteiger partial charge in [-0.15, -0.1) is 0 Å². The van der Waals surface area contributed by atoms with Gasteiger partial charge in [0.15, 0.2) is 0 Å². The van der Waals surface area contributed by atoms with Crippen LogP contribution in [0.15, 0.2) is 78.9 Å². The van der Waals surface area contributed by atoms with Gasteiger partial charge in [0.2, 0.25) is 0 Å². The highest BCUT2D eigenvalue weighted by Gasteiger charge is 2.27. The van der Waals surface area contributed by atoms with Crippen LogP contribution in [0.4, 0.5) is 0 Å². The molecule has 4 N–H and O–H groups in total. The SMILES string of the molecule is O=P(O)(O)Oc1cccc2c1-c1cccc(O)c1-c1cccc(c1)-c1c(O)cccc1-2. The maximum Gasteiger partial charge on any atom is 0.524 e. The van der Waals surface area contributed by atoms with Gasteiger partial charge in [-0.1, -0.05) is 54.6 Å². The van der Waals surface area contributed by atoms with Crippen molar-refractivity contribution in [3.8, 4) is 61.8 Å². The Balaban J connectivity index is 2.01. The third-order valence-electron chi connectivity index (χ3n) is 5.33. The van der Waals surface area contributed by atoms with E-state index in [-0.39, 0.29) is 17.2 Å². The van der Waals surface area contributed by atoms with E-state index in [9.17, 15) is 24.6 Å². The minimum Gasteiger partial charge on any atom is -0.507 e. The van der Waals surface area contributed by atoms with E-state index in [1.54, 1.807) is 42.5 Å². The summed E-state index contributed by atoms with van der Waals surface area (Å²) < 4.78 is 16.8. The number of phenolic OH excluding ortho intramolecular Hbond substituents is 2. The predicted molar refractivity (Wildman–Crippen MR) is 118 cm³/mol. The number of benzene rings is 4. The van der Waals surface area contributed by atoms with Gasteiger partial charge in [0.25, 0.3) is 0 Å². The van der Waals surface area contributed by atoms with Crippen molar-refractivity contribution < 1.29 is 29.1 Å². The molecule has 0 heterocycles. The number of phosphoric ester groups is 1. The van der Waals surface area contributed by atoms with Gasteiger partial charge in [-0.25, -0.2) is 4.57 Å². The van der Waals surface area contributed by atoms with Crippen molar-refractivity contribution in [2.24, 2.45) is 0 Å². The number of fused-ring (bicyclic) bond motifs is 9. The van der Waals surface area contributed by atoms with Crippen molar-refractivity contribution in [1.82, 2.24) is 0 Å². The molecule has 154 valence electrons. The molecule has 31 heavy (non-hydrogen) atoms. The molecular formula is C24H17O6P. The summed E-state index contributed by atoms with van der Waals surface area (Å²) in [5.74, 6) is 0.0563. The summed E-state index contributed by atoms with van der Waals surface area (Å²) in [4.78, 5) is 19.0. The van der Waals surface area contributed by atoms with E-state index in [2.05, 4.69) is 0 Å². The van der Waals surface area contributed by atoms with Gasteiger partial charge in [-0.3, -0.25) is 9.79 Å². The first kappa shape index (κ1) is 19.4. The average Bonchev–Trinajstić information content (AvgIpc) is 2.75. The summed E-state index contributed by atoms with van der Waals surface area (Å²) in [5, 5.41) is 21.5. The number of hydrogen-bond donors (Lipinski definition) is 4. The molecule has 0 aromatic heterocycles. The molecule has 2 bridgehead atoms. The molecule has 0 aliphatic heterocycles. The molecule has 7 heteroatoms. The van der Waals surface area contributed by atoms with Crippen LogP contribution in [0.25, 0.3) is 44.5 Å². The van der Waals surface area contributed by atoms with Crippen molar-refractivity contribution >= 4 is 7.82 Å². The maximum atomic E-state index is 11.7.